The lowest BCUT2D eigenvalue weighted by atomic mass is 10.0. The molecule has 210 valence electrons. The van der Waals surface area contributed by atoms with E-state index in [9.17, 15) is 14.4 Å². The summed E-state index contributed by atoms with van der Waals surface area (Å²) in [5.74, 6) is -1.53. The van der Waals surface area contributed by atoms with E-state index in [4.69, 9.17) is 14.2 Å². The van der Waals surface area contributed by atoms with E-state index in [1.807, 2.05) is 0 Å². The zero-order chi connectivity index (χ0) is 28.5. The van der Waals surface area contributed by atoms with Crippen LogP contribution in [0.1, 0.15) is 40.5 Å². The normalized spacial score (nSPS) is 24.8. The van der Waals surface area contributed by atoms with Crippen LogP contribution in [0, 0.1) is 0 Å². The first kappa shape index (κ1) is 26.6. The molecule has 1 aliphatic carbocycles. The average molecular weight is 559 g/mol. The van der Waals surface area contributed by atoms with Gasteiger partial charge in [-0.25, -0.2) is 24.0 Å². The van der Waals surface area contributed by atoms with E-state index in [2.05, 4.69) is 10.2 Å². The standard InChI is InChI=1S/C30H27FN4O6/c1-18(36)34-15-21-12-13-22-16-35(33-23(14-32-34)25(21)22)28-26(31)27(41-30(38)20-10-6-3-7-11-20)24(40-28)17-39-29(37)19-8-4-2-5-9-19/h2-11,14,16,24,26-28H,12-13,15,17H2,1H3/t24-,26+,27-,28-/m1/s1. The van der Waals surface area contributed by atoms with Crippen LogP contribution < -0.4 is 0 Å². The average Bonchev–Trinajstić information content (AvgIpc) is 3.47. The molecule has 2 aromatic rings. The fourth-order valence-corrected chi connectivity index (χ4v) is 5.28. The molecule has 0 spiro atoms. The Morgan fingerprint density at radius 2 is 1.68 bits per heavy atom. The van der Waals surface area contributed by atoms with Gasteiger partial charge in [-0.2, -0.15) is 10.2 Å². The maximum atomic E-state index is 16.1. The predicted octanol–water partition coefficient (Wildman–Crippen LogP) is 3.63. The van der Waals surface area contributed by atoms with E-state index in [0.29, 0.717) is 24.2 Å². The minimum Gasteiger partial charge on any atom is -0.459 e. The molecular weight excluding hydrogens is 531 g/mol. The van der Waals surface area contributed by atoms with Crippen LogP contribution >= 0.6 is 0 Å². The van der Waals surface area contributed by atoms with Crippen molar-refractivity contribution in [3.05, 3.63) is 94.7 Å². The number of carbonyl (C=O) groups is 3. The first-order valence-corrected chi connectivity index (χ1v) is 13.3. The highest BCUT2D eigenvalue weighted by Crippen LogP contribution is 2.39. The summed E-state index contributed by atoms with van der Waals surface area (Å²) < 4.78 is 33.2. The molecule has 0 saturated carbocycles. The maximum Gasteiger partial charge on any atom is 0.338 e. The summed E-state index contributed by atoms with van der Waals surface area (Å²) in [6.45, 7) is 1.47. The van der Waals surface area contributed by atoms with Crippen molar-refractivity contribution < 1.29 is 33.0 Å². The fraction of sp³-hybridized carbons (Fsp3) is 0.300. The fourth-order valence-electron chi connectivity index (χ4n) is 5.28. The molecule has 4 atom stereocenters. The third kappa shape index (κ3) is 5.28. The molecule has 0 radical (unpaired) electrons. The number of amides is 1. The number of esters is 2. The summed E-state index contributed by atoms with van der Waals surface area (Å²) in [5, 5.41) is 11.6. The van der Waals surface area contributed by atoms with Gasteiger partial charge in [-0.15, -0.1) is 0 Å². The van der Waals surface area contributed by atoms with Crippen molar-refractivity contribution in [2.45, 2.75) is 44.4 Å². The number of alkyl halides is 1. The molecule has 41 heavy (non-hydrogen) atoms. The third-order valence-electron chi connectivity index (χ3n) is 7.33. The Morgan fingerprint density at radius 1 is 1.00 bits per heavy atom. The lowest BCUT2D eigenvalue weighted by Crippen LogP contribution is -2.40. The number of hydrazone groups is 2. The zero-order valence-electron chi connectivity index (χ0n) is 22.2. The van der Waals surface area contributed by atoms with Crippen molar-refractivity contribution in [2.75, 3.05) is 13.2 Å². The second-order valence-corrected chi connectivity index (χ2v) is 10.0. The van der Waals surface area contributed by atoms with E-state index in [1.54, 1.807) is 66.9 Å². The molecule has 0 bridgehead atoms. The number of ether oxygens (including phenoxy) is 3. The molecule has 3 heterocycles. The number of hydrogen-bond donors (Lipinski definition) is 0. The molecule has 4 aliphatic rings. The number of benzene rings is 2. The molecule has 1 amide bonds. The highest BCUT2D eigenvalue weighted by Gasteiger charge is 2.51. The first-order chi connectivity index (χ1) is 19.9. The van der Waals surface area contributed by atoms with Gasteiger partial charge in [-0.1, -0.05) is 36.4 Å². The Hall–Kier alpha value is -4.64. The number of allylic oxidation sites excluding steroid dienone is 2. The minimum atomic E-state index is -1.83. The second kappa shape index (κ2) is 11.1. The molecule has 2 aromatic carbocycles. The van der Waals surface area contributed by atoms with Crippen LogP contribution in [0.25, 0.3) is 0 Å². The van der Waals surface area contributed by atoms with Crippen molar-refractivity contribution in [2.24, 2.45) is 10.2 Å². The molecule has 0 N–H and O–H groups in total. The van der Waals surface area contributed by atoms with Crippen molar-refractivity contribution in [3.8, 4) is 0 Å². The van der Waals surface area contributed by atoms with Gasteiger partial charge in [0.2, 0.25) is 5.91 Å². The van der Waals surface area contributed by atoms with Crippen molar-refractivity contribution in [1.29, 1.82) is 0 Å². The zero-order valence-corrected chi connectivity index (χ0v) is 22.2. The Bertz CT molecular complexity index is 1490. The molecule has 10 nitrogen and oxygen atoms in total. The van der Waals surface area contributed by atoms with Crippen LogP contribution in [-0.4, -0.2) is 77.5 Å². The SMILES string of the molecule is CC(=O)N1CC2=C3C(=CN([C@@H]4O[C@H](COC(=O)c5ccccc5)[C@@H](OC(=O)c5ccccc5)[C@@H]4F)N=C3C=N1)CC2. The molecule has 11 heteroatoms. The van der Waals surface area contributed by atoms with Crippen molar-refractivity contribution in [1.82, 2.24) is 10.0 Å². The van der Waals surface area contributed by atoms with Gasteiger partial charge in [0.05, 0.1) is 23.9 Å². The van der Waals surface area contributed by atoms with Crippen molar-refractivity contribution >= 4 is 29.8 Å². The van der Waals surface area contributed by atoms with Gasteiger partial charge in [-0.3, -0.25) is 4.79 Å². The summed E-state index contributed by atoms with van der Waals surface area (Å²) in [5.41, 5.74) is 3.93. The summed E-state index contributed by atoms with van der Waals surface area (Å²) in [7, 11) is 0. The smallest absolute Gasteiger partial charge is 0.338 e. The van der Waals surface area contributed by atoms with Crippen molar-refractivity contribution in [3.63, 3.8) is 0 Å². The number of hydrogen-bond acceptors (Lipinski definition) is 9. The minimum absolute atomic E-state index is 0.193. The van der Waals surface area contributed by atoms with Gasteiger partial charge in [0, 0.05) is 18.7 Å². The summed E-state index contributed by atoms with van der Waals surface area (Å²) in [6.07, 6.45) is -0.946. The molecular formula is C30H27FN4O6. The van der Waals surface area contributed by atoms with Gasteiger partial charge in [0.1, 0.15) is 18.4 Å². The number of nitrogens with zero attached hydrogens (tertiary/aromatic N) is 4. The van der Waals surface area contributed by atoms with Gasteiger partial charge < -0.3 is 14.2 Å². The van der Waals surface area contributed by atoms with Gasteiger partial charge >= 0.3 is 11.9 Å². The third-order valence-corrected chi connectivity index (χ3v) is 7.33. The first-order valence-electron chi connectivity index (χ1n) is 13.3. The molecule has 1 fully saturated rings. The number of carbonyl (C=O) groups excluding carboxylic acids is 3. The predicted molar refractivity (Wildman–Crippen MR) is 145 cm³/mol. The molecule has 0 aromatic heterocycles. The lowest BCUT2D eigenvalue weighted by molar-refractivity contribution is -0.128. The molecule has 0 unspecified atom stereocenters. The van der Waals surface area contributed by atoms with E-state index < -0.39 is 36.5 Å². The highest BCUT2D eigenvalue weighted by atomic mass is 19.1. The van der Waals surface area contributed by atoms with E-state index in [1.165, 1.54) is 23.2 Å². The summed E-state index contributed by atoms with van der Waals surface area (Å²) >= 11 is 0. The largest absolute Gasteiger partial charge is 0.459 e. The summed E-state index contributed by atoms with van der Waals surface area (Å²) in [4.78, 5) is 37.5. The molecule has 6 rings (SSSR count). The Balaban J connectivity index is 1.26. The van der Waals surface area contributed by atoms with E-state index >= 15 is 4.39 Å². The van der Waals surface area contributed by atoms with Gasteiger partial charge in [0.15, 0.2) is 18.5 Å². The quantitative estimate of drug-likeness (QED) is 0.498. The second-order valence-electron chi connectivity index (χ2n) is 10.0. The van der Waals surface area contributed by atoms with Crippen LogP contribution in [0.2, 0.25) is 0 Å². The Kier molecular flexibility index (Phi) is 7.19. The molecule has 3 aliphatic heterocycles. The Labute approximate surface area is 235 Å². The van der Waals surface area contributed by atoms with E-state index in [-0.39, 0.29) is 18.1 Å². The monoisotopic (exact) mass is 558 g/mol. The topological polar surface area (TPSA) is 110 Å². The maximum absolute atomic E-state index is 16.1. The molecule has 1 saturated heterocycles. The van der Waals surface area contributed by atoms with Crippen LogP contribution in [0.3, 0.4) is 0 Å². The summed E-state index contributed by atoms with van der Waals surface area (Å²) in [6, 6.07) is 16.6. The van der Waals surface area contributed by atoms with Crippen LogP contribution in [0.5, 0.6) is 0 Å². The van der Waals surface area contributed by atoms with E-state index in [0.717, 1.165) is 23.1 Å². The number of halogens is 1. The van der Waals surface area contributed by atoms with Gasteiger partial charge in [0.25, 0.3) is 0 Å². The highest BCUT2D eigenvalue weighted by molar-refractivity contribution is 6.40. The Morgan fingerprint density at radius 3 is 2.37 bits per heavy atom. The van der Waals surface area contributed by atoms with Crippen LogP contribution in [0.4, 0.5) is 4.39 Å². The lowest BCUT2D eigenvalue weighted by Gasteiger charge is -2.28. The van der Waals surface area contributed by atoms with Crippen LogP contribution in [0.15, 0.2) is 93.8 Å². The number of rotatable bonds is 6. The van der Waals surface area contributed by atoms with Crippen LogP contribution in [-0.2, 0) is 19.0 Å². The van der Waals surface area contributed by atoms with Gasteiger partial charge in [-0.05, 0) is 48.3 Å².